The molecule has 1 aromatic rings. The first-order valence-corrected chi connectivity index (χ1v) is 7.30. The van der Waals surface area contributed by atoms with Gasteiger partial charge in [-0.1, -0.05) is 6.42 Å². The van der Waals surface area contributed by atoms with Crippen LogP contribution in [0, 0.1) is 5.92 Å². The van der Waals surface area contributed by atoms with Crippen LogP contribution in [0.4, 0.5) is 5.69 Å². The Morgan fingerprint density at radius 3 is 2.94 bits per heavy atom. The average molecular weight is 245 g/mol. The molecule has 3 nitrogen and oxygen atoms in total. The molecule has 3 heteroatoms. The molecule has 0 amide bonds. The molecular weight excluding hydrogens is 222 g/mol. The van der Waals surface area contributed by atoms with Gasteiger partial charge in [0, 0.05) is 25.3 Å². The van der Waals surface area contributed by atoms with Crippen LogP contribution in [0.2, 0.25) is 0 Å². The number of hydrogen-bond acceptors (Lipinski definition) is 3. The molecule has 98 valence electrons. The Bertz CT molecular complexity index is 361. The highest BCUT2D eigenvalue weighted by atomic mass is 15.2. The van der Waals surface area contributed by atoms with Gasteiger partial charge in [0.05, 0.1) is 11.9 Å². The Kier molecular flexibility index (Phi) is 3.79. The van der Waals surface area contributed by atoms with Crippen molar-refractivity contribution in [3.05, 3.63) is 24.5 Å². The van der Waals surface area contributed by atoms with E-state index in [1.165, 1.54) is 50.9 Å². The van der Waals surface area contributed by atoms with Gasteiger partial charge in [0.1, 0.15) is 0 Å². The lowest BCUT2D eigenvalue weighted by Crippen LogP contribution is -2.47. The molecule has 1 aliphatic carbocycles. The summed E-state index contributed by atoms with van der Waals surface area (Å²) >= 11 is 0. The van der Waals surface area contributed by atoms with Gasteiger partial charge >= 0.3 is 0 Å². The maximum atomic E-state index is 4.22. The van der Waals surface area contributed by atoms with Gasteiger partial charge < -0.3 is 10.2 Å². The number of piperidine rings is 1. The van der Waals surface area contributed by atoms with Gasteiger partial charge in [-0.2, -0.15) is 0 Å². The minimum Gasteiger partial charge on any atom is -0.369 e. The molecule has 2 aliphatic rings. The number of rotatable bonds is 4. The largest absolute Gasteiger partial charge is 0.369 e. The van der Waals surface area contributed by atoms with Crippen molar-refractivity contribution in [2.75, 3.05) is 24.5 Å². The maximum Gasteiger partial charge on any atom is 0.0553 e. The zero-order chi connectivity index (χ0) is 12.2. The van der Waals surface area contributed by atoms with Crippen LogP contribution in [0.5, 0.6) is 0 Å². The Hall–Kier alpha value is -1.09. The van der Waals surface area contributed by atoms with E-state index in [1.807, 2.05) is 18.5 Å². The number of nitrogens with one attached hydrogen (secondary N) is 1. The molecular formula is C15H23N3. The fourth-order valence-corrected chi connectivity index (χ4v) is 2.95. The fraction of sp³-hybridized carbons (Fsp3) is 0.667. The monoisotopic (exact) mass is 245 g/mol. The molecule has 0 aromatic carbocycles. The van der Waals surface area contributed by atoms with Crippen LogP contribution in [0.15, 0.2) is 24.5 Å². The molecule has 1 aliphatic heterocycles. The van der Waals surface area contributed by atoms with E-state index in [0.717, 1.165) is 12.5 Å². The molecule has 0 bridgehead atoms. The number of pyridine rings is 1. The minimum absolute atomic E-state index is 0.666. The summed E-state index contributed by atoms with van der Waals surface area (Å²) < 4.78 is 0. The molecule has 0 spiro atoms. The van der Waals surface area contributed by atoms with Gasteiger partial charge in [-0.25, -0.2) is 0 Å². The van der Waals surface area contributed by atoms with Crippen molar-refractivity contribution in [2.45, 2.75) is 38.1 Å². The third-order valence-corrected chi connectivity index (χ3v) is 4.35. The second-order valence-corrected chi connectivity index (χ2v) is 5.70. The lowest BCUT2D eigenvalue weighted by atomic mass is 9.85. The third-order valence-electron chi connectivity index (χ3n) is 4.35. The van der Waals surface area contributed by atoms with E-state index >= 15 is 0 Å². The molecule has 1 saturated heterocycles. The predicted molar refractivity (Wildman–Crippen MR) is 74.8 cm³/mol. The molecule has 2 heterocycles. The van der Waals surface area contributed by atoms with E-state index in [9.17, 15) is 0 Å². The van der Waals surface area contributed by atoms with Crippen LogP contribution < -0.4 is 10.2 Å². The van der Waals surface area contributed by atoms with Gasteiger partial charge in [-0.05, 0) is 50.3 Å². The maximum absolute atomic E-state index is 4.22. The fourth-order valence-electron chi connectivity index (χ4n) is 2.95. The SMILES string of the molecule is c1cncc(N2CCCC(NCC3CCC3)C2)c1. The second-order valence-electron chi connectivity index (χ2n) is 5.70. The van der Waals surface area contributed by atoms with E-state index in [-0.39, 0.29) is 0 Å². The van der Waals surface area contributed by atoms with E-state index in [4.69, 9.17) is 0 Å². The Morgan fingerprint density at radius 2 is 2.22 bits per heavy atom. The summed E-state index contributed by atoms with van der Waals surface area (Å²) in [6.45, 7) is 3.54. The van der Waals surface area contributed by atoms with Crippen molar-refractivity contribution in [2.24, 2.45) is 5.92 Å². The predicted octanol–water partition coefficient (Wildman–Crippen LogP) is 2.44. The zero-order valence-electron chi connectivity index (χ0n) is 11.0. The molecule has 1 aromatic heterocycles. The highest BCUT2D eigenvalue weighted by Gasteiger charge is 2.22. The molecule has 18 heavy (non-hydrogen) atoms. The first-order valence-electron chi connectivity index (χ1n) is 7.30. The summed E-state index contributed by atoms with van der Waals surface area (Å²) in [5.74, 6) is 0.957. The Balaban J connectivity index is 1.51. The first kappa shape index (κ1) is 12.0. The third kappa shape index (κ3) is 2.83. The molecule has 2 fully saturated rings. The van der Waals surface area contributed by atoms with Crippen molar-refractivity contribution >= 4 is 5.69 Å². The van der Waals surface area contributed by atoms with Crippen LogP contribution in [0.1, 0.15) is 32.1 Å². The normalized spacial score (nSPS) is 24.9. The first-order chi connectivity index (χ1) is 8.92. The lowest BCUT2D eigenvalue weighted by Gasteiger charge is -2.36. The Morgan fingerprint density at radius 1 is 1.28 bits per heavy atom. The average Bonchev–Trinajstić information content (AvgIpc) is 2.38. The summed E-state index contributed by atoms with van der Waals surface area (Å²) in [6.07, 6.45) is 10.8. The van der Waals surface area contributed by atoms with Gasteiger partial charge in [0.2, 0.25) is 0 Å². The van der Waals surface area contributed by atoms with Gasteiger partial charge in [0.15, 0.2) is 0 Å². The van der Waals surface area contributed by atoms with Crippen molar-refractivity contribution in [1.82, 2.24) is 10.3 Å². The van der Waals surface area contributed by atoms with Crippen LogP contribution in [0.3, 0.4) is 0 Å². The van der Waals surface area contributed by atoms with Crippen molar-refractivity contribution in [3.63, 3.8) is 0 Å². The summed E-state index contributed by atoms with van der Waals surface area (Å²) in [6, 6.07) is 4.86. The van der Waals surface area contributed by atoms with E-state index < -0.39 is 0 Å². The molecule has 3 rings (SSSR count). The minimum atomic E-state index is 0.666. The van der Waals surface area contributed by atoms with Crippen molar-refractivity contribution < 1.29 is 0 Å². The lowest BCUT2D eigenvalue weighted by molar-refractivity contribution is 0.280. The second kappa shape index (κ2) is 5.70. The van der Waals surface area contributed by atoms with Gasteiger partial charge in [-0.15, -0.1) is 0 Å². The van der Waals surface area contributed by atoms with Crippen LogP contribution >= 0.6 is 0 Å². The van der Waals surface area contributed by atoms with Crippen molar-refractivity contribution in [3.8, 4) is 0 Å². The smallest absolute Gasteiger partial charge is 0.0553 e. The number of anilines is 1. The van der Waals surface area contributed by atoms with Crippen molar-refractivity contribution in [1.29, 1.82) is 0 Å². The summed E-state index contributed by atoms with van der Waals surface area (Å²) in [5.41, 5.74) is 1.27. The summed E-state index contributed by atoms with van der Waals surface area (Å²) in [5, 5.41) is 3.76. The van der Waals surface area contributed by atoms with E-state index in [0.29, 0.717) is 6.04 Å². The Labute approximate surface area is 110 Å². The summed E-state index contributed by atoms with van der Waals surface area (Å²) in [7, 11) is 0. The number of nitrogens with zero attached hydrogens (tertiary/aromatic N) is 2. The molecule has 1 atom stereocenters. The highest BCUT2D eigenvalue weighted by Crippen LogP contribution is 2.26. The number of hydrogen-bond donors (Lipinski definition) is 1. The molecule has 0 radical (unpaired) electrons. The van der Waals surface area contributed by atoms with Crippen LogP contribution in [0.25, 0.3) is 0 Å². The quantitative estimate of drug-likeness (QED) is 0.883. The van der Waals surface area contributed by atoms with Crippen LogP contribution in [-0.4, -0.2) is 30.7 Å². The topological polar surface area (TPSA) is 28.2 Å². The number of aromatic nitrogens is 1. The van der Waals surface area contributed by atoms with Gasteiger partial charge in [-0.3, -0.25) is 4.98 Å². The molecule has 1 saturated carbocycles. The van der Waals surface area contributed by atoms with E-state index in [1.54, 1.807) is 0 Å². The highest BCUT2D eigenvalue weighted by molar-refractivity contribution is 5.44. The zero-order valence-corrected chi connectivity index (χ0v) is 11.0. The summed E-state index contributed by atoms with van der Waals surface area (Å²) in [4.78, 5) is 6.69. The van der Waals surface area contributed by atoms with E-state index in [2.05, 4.69) is 21.3 Å². The van der Waals surface area contributed by atoms with Gasteiger partial charge in [0.25, 0.3) is 0 Å². The molecule has 1 N–H and O–H groups in total. The standard InChI is InChI=1S/C15H23N3/c1-4-13(5-1)10-17-14-6-3-9-18(12-14)15-7-2-8-16-11-15/h2,7-8,11,13-14,17H,1,3-6,9-10,12H2. The van der Waals surface area contributed by atoms with Crippen LogP contribution in [-0.2, 0) is 0 Å². The molecule has 1 unspecified atom stereocenters.